The molecule has 144 valence electrons. The first kappa shape index (κ1) is 18.2. The fourth-order valence-electron chi connectivity index (χ4n) is 3.72. The number of aromatic nitrogens is 4. The zero-order valence-electron chi connectivity index (χ0n) is 16.3. The number of nitrogens with one attached hydrogen (secondary N) is 1. The molecule has 1 unspecified atom stereocenters. The Morgan fingerprint density at radius 2 is 2.25 bits per heavy atom. The van der Waals surface area contributed by atoms with Gasteiger partial charge in [0, 0.05) is 48.0 Å². The molecular weight excluding hydrogens is 350 g/mol. The molecule has 3 aromatic rings. The van der Waals surface area contributed by atoms with Crippen LogP contribution in [-0.4, -0.2) is 37.9 Å². The molecule has 0 spiro atoms. The molecular formula is C21H25N7. The lowest BCUT2D eigenvalue weighted by molar-refractivity contribution is 0.637. The Hall–Kier alpha value is -3.22. The van der Waals surface area contributed by atoms with Crippen molar-refractivity contribution in [2.75, 3.05) is 11.9 Å². The van der Waals surface area contributed by atoms with Crippen molar-refractivity contribution in [3.05, 3.63) is 54.1 Å². The zero-order chi connectivity index (χ0) is 19.5. The fraction of sp³-hybridized carbons (Fsp3) is 0.333. The third-order valence-electron chi connectivity index (χ3n) is 5.14. The van der Waals surface area contributed by atoms with Gasteiger partial charge in [0.1, 0.15) is 0 Å². The largest absolute Gasteiger partial charge is 0.404 e. The van der Waals surface area contributed by atoms with E-state index in [4.69, 9.17) is 10.7 Å². The number of anilines is 1. The van der Waals surface area contributed by atoms with Gasteiger partial charge in [0.15, 0.2) is 5.65 Å². The van der Waals surface area contributed by atoms with Crippen molar-refractivity contribution in [1.82, 2.24) is 19.6 Å². The lowest BCUT2D eigenvalue weighted by Gasteiger charge is -2.25. The zero-order valence-corrected chi connectivity index (χ0v) is 16.3. The van der Waals surface area contributed by atoms with E-state index >= 15 is 0 Å². The molecule has 0 bridgehead atoms. The molecule has 0 aromatic carbocycles. The first-order chi connectivity index (χ1) is 13.7. The van der Waals surface area contributed by atoms with E-state index in [0.29, 0.717) is 5.95 Å². The fourth-order valence-corrected chi connectivity index (χ4v) is 3.72. The normalized spacial score (nSPS) is 20.1. The first-order valence-electron chi connectivity index (χ1n) is 9.67. The summed E-state index contributed by atoms with van der Waals surface area (Å²) in [4.78, 5) is 13.6. The maximum atomic E-state index is 5.83. The number of aryl methyl sites for hydroxylation is 1. The predicted octanol–water partition coefficient (Wildman–Crippen LogP) is 3.37. The lowest BCUT2D eigenvalue weighted by Crippen LogP contribution is -2.29. The van der Waals surface area contributed by atoms with Crippen LogP contribution in [0.3, 0.4) is 0 Å². The van der Waals surface area contributed by atoms with Gasteiger partial charge in [0.25, 0.3) is 0 Å². The second-order valence-corrected chi connectivity index (χ2v) is 7.01. The van der Waals surface area contributed by atoms with Gasteiger partial charge < -0.3 is 11.1 Å². The van der Waals surface area contributed by atoms with Crippen LogP contribution in [0.15, 0.2) is 53.6 Å². The standard InChI is InChI=1S/C21H25N7/c1-3-24-19-7-6-16(11-15(19)12-22)25-21-26-20-17(5-4-10-28(20)27-21)18-13-23-9-8-14(18)2/h4-5,8-10,12-13,16H,3,6-7,11,22H2,1-2H3,(H,25,27). The number of hydrogen-bond donors (Lipinski definition) is 2. The minimum absolute atomic E-state index is 0.242. The van der Waals surface area contributed by atoms with Gasteiger partial charge in [0.05, 0.1) is 0 Å². The molecule has 4 rings (SSSR count). The quantitative estimate of drug-likeness (QED) is 0.729. The number of hydrogen-bond acceptors (Lipinski definition) is 6. The Labute approximate surface area is 164 Å². The molecule has 0 saturated heterocycles. The minimum atomic E-state index is 0.242. The molecule has 1 saturated carbocycles. The molecule has 3 aromatic heterocycles. The summed E-state index contributed by atoms with van der Waals surface area (Å²) >= 11 is 0. The van der Waals surface area contributed by atoms with Gasteiger partial charge in [-0.2, -0.15) is 4.98 Å². The number of fused-ring (bicyclic) bond motifs is 1. The number of rotatable bonds is 4. The summed E-state index contributed by atoms with van der Waals surface area (Å²) in [6.45, 7) is 4.91. The van der Waals surface area contributed by atoms with Crippen LogP contribution in [0, 0.1) is 6.92 Å². The van der Waals surface area contributed by atoms with Crippen molar-refractivity contribution in [3.63, 3.8) is 0 Å². The van der Waals surface area contributed by atoms with Crippen LogP contribution >= 0.6 is 0 Å². The average molecular weight is 375 g/mol. The Morgan fingerprint density at radius 1 is 1.36 bits per heavy atom. The molecule has 28 heavy (non-hydrogen) atoms. The van der Waals surface area contributed by atoms with E-state index in [1.54, 1.807) is 12.4 Å². The second kappa shape index (κ2) is 7.80. The smallest absolute Gasteiger partial charge is 0.243 e. The second-order valence-electron chi connectivity index (χ2n) is 7.01. The van der Waals surface area contributed by atoms with Crippen molar-refractivity contribution in [2.24, 2.45) is 10.7 Å². The molecule has 7 heteroatoms. The van der Waals surface area contributed by atoms with E-state index in [0.717, 1.165) is 59.4 Å². The van der Waals surface area contributed by atoms with Crippen LogP contribution in [0.1, 0.15) is 31.7 Å². The maximum Gasteiger partial charge on any atom is 0.243 e. The van der Waals surface area contributed by atoms with Crippen LogP contribution in [0.4, 0.5) is 5.95 Å². The number of aliphatic imine (C=N–C) groups is 1. The highest BCUT2D eigenvalue weighted by atomic mass is 15.3. The maximum absolute atomic E-state index is 5.83. The van der Waals surface area contributed by atoms with Gasteiger partial charge in [-0.1, -0.05) is 0 Å². The van der Waals surface area contributed by atoms with Crippen molar-refractivity contribution in [3.8, 4) is 11.1 Å². The Morgan fingerprint density at radius 3 is 3.04 bits per heavy atom. The highest BCUT2D eigenvalue weighted by Gasteiger charge is 2.23. The van der Waals surface area contributed by atoms with E-state index in [2.05, 4.69) is 33.4 Å². The van der Waals surface area contributed by atoms with Crippen LogP contribution in [-0.2, 0) is 0 Å². The van der Waals surface area contributed by atoms with Crippen molar-refractivity contribution in [2.45, 2.75) is 39.2 Å². The Balaban J connectivity index is 1.61. The molecule has 0 aliphatic heterocycles. The summed E-state index contributed by atoms with van der Waals surface area (Å²) in [5.74, 6) is 0.631. The molecule has 1 fully saturated rings. The van der Waals surface area contributed by atoms with E-state index < -0.39 is 0 Å². The van der Waals surface area contributed by atoms with Crippen molar-refractivity contribution in [1.29, 1.82) is 0 Å². The molecule has 3 N–H and O–H groups in total. The summed E-state index contributed by atoms with van der Waals surface area (Å²) in [7, 11) is 0. The SMILES string of the molecule is CCN=C1CCC(Nc2nc3c(-c4cnccc4C)cccn3n2)CC1=CN. The van der Waals surface area contributed by atoms with Crippen LogP contribution in [0.25, 0.3) is 16.8 Å². The van der Waals surface area contributed by atoms with Crippen molar-refractivity contribution >= 4 is 17.3 Å². The highest BCUT2D eigenvalue weighted by Crippen LogP contribution is 2.28. The molecule has 0 amide bonds. The number of pyridine rings is 2. The molecule has 1 aliphatic rings. The van der Waals surface area contributed by atoms with Gasteiger partial charge in [-0.25, -0.2) is 4.52 Å². The summed E-state index contributed by atoms with van der Waals surface area (Å²) in [6.07, 6.45) is 10.0. The van der Waals surface area contributed by atoms with Crippen molar-refractivity contribution < 1.29 is 0 Å². The summed E-state index contributed by atoms with van der Waals surface area (Å²) < 4.78 is 1.82. The van der Waals surface area contributed by atoms with Gasteiger partial charge >= 0.3 is 0 Å². The van der Waals surface area contributed by atoms with E-state index in [9.17, 15) is 0 Å². The topological polar surface area (TPSA) is 93.5 Å². The van der Waals surface area contributed by atoms with Gasteiger partial charge in [-0.15, -0.1) is 5.10 Å². The molecule has 3 heterocycles. The molecule has 1 aliphatic carbocycles. The minimum Gasteiger partial charge on any atom is -0.404 e. The molecule has 1 atom stereocenters. The van der Waals surface area contributed by atoms with E-state index in [1.165, 1.54) is 0 Å². The summed E-state index contributed by atoms with van der Waals surface area (Å²) in [5.41, 5.74) is 12.1. The van der Waals surface area contributed by atoms with Crippen LogP contribution in [0.5, 0.6) is 0 Å². The molecule has 7 nitrogen and oxygen atoms in total. The third-order valence-corrected chi connectivity index (χ3v) is 5.14. The van der Waals surface area contributed by atoms with Gasteiger partial charge in [0.2, 0.25) is 5.95 Å². The Kier molecular flexibility index (Phi) is 5.06. The van der Waals surface area contributed by atoms with E-state index in [1.807, 2.05) is 36.0 Å². The first-order valence-corrected chi connectivity index (χ1v) is 9.67. The van der Waals surface area contributed by atoms with Gasteiger partial charge in [-0.3, -0.25) is 9.98 Å². The lowest BCUT2D eigenvalue weighted by atomic mass is 9.89. The number of nitrogens with two attached hydrogens (primary N) is 1. The highest BCUT2D eigenvalue weighted by molar-refractivity contribution is 6.01. The summed E-state index contributed by atoms with van der Waals surface area (Å²) in [6, 6.07) is 6.29. The van der Waals surface area contributed by atoms with E-state index in [-0.39, 0.29) is 6.04 Å². The third kappa shape index (κ3) is 3.47. The van der Waals surface area contributed by atoms with Crippen LogP contribution < -0.4 is 11.1 Å². The van der Waals surface area contributed by atoms with Crippen LogP contribution in [0.2, 0.25) is 0 Å². The average Bonchev–Trinajstić information content (AvgIpc) is 3.12. The Bertz CT molecular complexity index is 1050. The molecule has 0 radical (unpaired) electrons. The monoisotopic (exact) mass is 375 g/mol. The summed E-state index contributed by atoms with van der Waals surface area (Å²) in [5, 5.41) is 8.10. The predicted molar refractivity (Wildman–Crippen MR) is 112 cm³/mol. The van der Waals surface area contributed by atoms with Gasteiger partial charge in [-0.05, 0) is 68.6 Å². The number of nitrogens with zero attached hydrogens (tertiary/aromatic N) is 5.